The summed E-state index contributed by atoms with van der Waals surface area (Å²) < 4.78 is 0. The first-order chi connectivity index (χ1) is 3.39. The van der Waals surface area contributed by atoms with E-state index in [0.717, 1.165) is 6.54 Å². The molecule has 1 aliphatic rings. The van der Waals surface area contributed by atoms with Crippen molar-refractivity contribution in [2.75, 3.05) is 13.6 Å². The molecule has 0 aliphatic carbocycles. The summed E-state index contributed by atoms with van der Waals surface area (Å²) in [5.41, 5.74) is 0. The first-order valence-corrected chi connectivity index (χ1v) is 2.35. The van der Waals surface area contributed by atoms with E-state index in [1.54, 1.807) is 0 Å². The molecule has 0 saturated carbocycles. The highest BCUT2D eigenvalue weighted by atomic mass is 35.5. The van der Waals surface area contributed by atoms with Gasteiger partial charge in [0.05, 0.1) is 12.6 Å². The fraction of sp³-hybridized carbons (Fsp3) is 0.333. The van der Waals surface area contributed by atoms with Crippen molar-refractivity contribution >= 4 is 0 Å². The molecule has 0 spiro atoms. The van der Waals surface area contributed by atoms with E-state index >= 15 is 0 Å². The van der Waals surface area contributed by atoms with Gasteiger partial charge in [-0.1, -0.05) is 0 Å². The van der Waals surface area contributed by atoms with Crippen LogP contribution in [0, 0.1) is 6.20 Å². The van der Waals surface area contributed by atoms with Gasteiger partial charge >= 0.3 is 0 Å². The number of allylic oxidation sites excluding steroid dienone is 2. The Labute approximate surface area is 56.1 Å². The largest absolute Gasteiger partial charge is 1.00 e. The van der Waals surface area contributed by atoms with Crippen LogP contribution in [0.15, 0.2) is 18.2 Å². The average Bonchev–Trinajstić information content (AvgIpc) is 1.69. The van der Waals surface area contributed by atoms with Crippen molar-refractivity contribution in [3.05, 3.63) is 24.4 Å². The Morgan fingerprint density at radius 3 is 2.62 bits per heavy atom. The van der Waals surface area contributed by atoms with Gasteiger partial charge < -0.3 is 12.4 Å². The van der Waals surface area contributed by atoms with Crippen LogP contribution < -0.4 is 12.4 Å². The average molecular weight is 130 g/mol. The van der Waals surface area contributed by atoms with Crippen molar-refractivity contribution in [1.82, 2.24) is 4.90 Å². The first kappa shape index (κ1) is 7.48. The van der Waals surface area contributed by atoms with Crippen molar-refractivity contribution < 1.29 is 12.4 Å². The maximum absolute atomic E-state index is 3.00. The Morgan fingerprint density at radius 2 is 2.38 bits per heavy atom. The van der Waals surface area contributed by atoms with Crippen molar-refractivity contribution in [2.24, 2.45) is 0 Å². The molecule has 2 heteroatoms. The van der Waals surface area contributed by atoms with Gasteiger partial charge in [-0.2, -0.15) is 0 Å². The van der Waals surface area contributed by atoms with Gasteiger partial charge in [0.2, 0.25) is 0 Å². The molecule has 0 amide bonds. The van der Waals surface area contributed by atoms with E-state index in [0.29, 0.717) is 0 Å². The van der Waals surface area contributed by atoms with Gasteiger partial charge in [0.1, 0.15) is 0 Å². The van der Waals surface area contributed by atoms with Crippen LogP contribution in [0.25, 0.3) is 0 Å². The molecule has 1 aliphatic heterocycles. The normalized spacial score (nSPS) is 14.9. The standard InChI is InChI=1S/C6H8N.ClH/c1-7-5-3-2-4-6-7;/h2-4H,5H2,1H3;1H/q+1;/p-1. The molecule has 0 atom stereocenters. The third-order valence-corrected chi connectivity index (χ3v) is 0.907. The van der Waals surface area contributed by atoms with Crippen molar-refractivity contribution in [3.63, 3.8) is 0 Å². The fourth-order valence-electron chi connectivity index (χ4n) is 0.510. The van der Waals surface area contributed by atoms with E-state index < -0.39 is 0 Å². The third kappa shape index (κ3) is 1.97. The van der Waals surface area contributed by atoms with Crippen molar-refractivity contribution in [2.45, 2.75) is 0 Å². The molecule has 8 heavy (non-hydrogen) atoms. The minimum absolute atomic E-state index is 0. The molecule has 1 rings (SSSR count). The Morgan fingerprint density at radius 1 is 1.62 bits per heavy atom. The number of halogens is 1. The number of likely N-dealkylation sites (N-methyl/N-ethyl adjacent to an activating group) is 1. The highest BCUT2D eigenvalue weighted by Crippen LogP contribution is 1.90. The van der Waals surface area contributed by atoms with Crippen LogP contribution in [0.5, 0.6) is 0 Å². The van der Waals surface area contributed by atoms with Crippen molar-refractivity contribution in [1.29, 1.82) is 0 Å². The zero-order valence-electron chi connectivity index (χ0n) is 4.76. The third-order valence-electron chi connectivity index (χ3n) is 0.907. The molecule has 0 radical (unpaired) electrons. The fourth-order valence-corrected chi connectivity index (χ4v) is 0.510. The second-order valence-corrected chi connectivity index (χ2v) is 1.60. The lowest BCUT2D eigenvalue weighted by Gasteiger charge is -2.00. The molecule has 0 fully saturated rings. The zero-order chi connectivity index (χ0) is 5.11. The first-order valence-electron chi connectivity index (χ1n) is 2.35. The SMILES string of the molecule is CN1[C+]=CC=CC1.[Cl-]. The summed E-state index contributed by atoms with van der Waals surface area (Å²) in [6, 6.07) is 0. The summed E-state index contributed by atoms with van der Waals surface area (Å²) >= 11 is 0. The van der Waals surface area contributed by atoms with Gasteiger partial charge in [-0.15, -0.1) is 0 Å². The summed E-state index contributed by atoms with van der Waals surface area (Å²) in [5, 5.41) is 0. The number of hydrogen-bond donors (Lipinski definition) is 0. The molecule has 0 bridgehead atoms. The molecule has 0 N–H and O–H groups in total. The number of rotatable bonds is 0. The van der Waals surface area contributed by atoms with E-state index in [-0.39, 0.29) is 12.4 Å². The van der Waals surface area contributed by atoms with Gasteiger partial charge in [-0.05, 0) is 0 Å². The minimum atomic E-state index is 0. The van der Waals surface area contributed by atoms with Crippen LogP contribution in [0.1, 0.15) is 0 Å². The summed E-state index contributed by atoms with van der Waals surface area (Å²) in [6.45, 7) is 0.997. The molecule has 1 heterocycles. The maximum Gasteiger partial charge on any atom is 0.190 e. The summed E-state index contributed by atoms with van der Waals surface area (Å²) in [5.74, 6) is 0. The van der Waals surface area contributed by atoms with Crippen LogP contribution in [0.4, 0.5) is 0 Å². The molecule has 0 aromatic rings. The van der Waals surface area contributed by atoms with E-state index in [1.165, 1.54) is 0 Å². The molecular weight excluding hydrogens is 122 g/mol. The topological polar surface area (TPSA) is 3.24 Å². The van der Waals surface area contributed by atoms with E-state index in [1.807, 2.05) is 24.1 Å². The quantitative estimate of drug-likeness (QED) is 0.336. The van der Waals surface area contributed by atoms with E-state index in [9.17, 15) is 0 Å². The molecular formula is C6H8ClN. The highest BCUT2D eigenvalue weighted by Gasteiger charge is 1.97. The van der Waals surface area contributed by atoms with Crippen LogP contribution in [-0.4, -0.2) is 18.5 Å². The van der Waals surface area contributed by atoms with Gasteiger partial charge in [-0.3, -0.25) is 4.90 Å². The zero-order valence-corrected chi connectivity index (χ0v) is 5.52. The predicted molar refractivity (Wildman–Crippen MR) is 29.6 cm³/mol. The van der Waals surface area contributed by atoms with Crippen LogP contribution >= 0.6 is 0 Å². The maximum atomic E-state index is 3.00. The Balaban J connectivity index is 0.000000490. The minimum Gasteiger partial charge on any atom is -1.00 e. The second kappa shape index (κ2) is 3.48. The smallest absolute Gasteiger partial charge is 0.190 e. The monoisotopic (exact) mass is 129 g/mol. The lowest BCUT2D eigenvalue weighted by Crippen LogP contribution is -3.00. The predicted octanol–water partition coefficient (Wildman–Crippen LogP) is -2.19. The van der Waals surface area contributed by atoms with Crippen LogP contribution in [0.3, 0.4) is 0 Å². The molecule has 0 saturated heterocycles. The molecule has 0 aromatic heterocycles. The number of hydrogen-bond acceptors (Lipinski definition) is 1. The summed E-state index contributed by atoms with van der Waals surface area (Å²) in [7, 11) is 2.00. The van der Waals surface area contributed by atoms with E-state index in [4.69, 9.17) is 0 Å². The van der Waals surface area contributed by atoms with Gasteiger partial charge in [0.25, 0.3) is 0 Å². The summed E-state index contributed by atoms with van der Waals surface area (Å²) in [6.07, 6.45) is 9.00. The molecule has 44 valence electrons. The van der Waals surface area contributed by atoms with Crippen molar-refractivity contribution in [3.8, 4) is 0 Å². The molecule has 1 nitrogen and oxygen atoms in total. The van der Waals surface area contributed by atoms with Crippen LogP contribution in [0.2, 0.25) is 0 Å². The second-order valence-electron chi connectivity index (χ2n) is 1.60. The Hall–Kier alpha value is -0.520. The lowest BCUT2D eigenvalue weighted by atomic mass is 10.4. The molecule has 0 aromatic carbocycles. The van der Waals surface area contributed by atoms with E-state index in [2.05, 4.69) is 12.3 Å². The molecule has 0 unspecified atom stereocenters. The Kier molecular flexibility index (Phi) is 3.25. The van der Waals surface area contributed by atoms with Gasteiger partial charge in [0.15, 0.2) is 12.3 Å². The van der Waals surface area contributed by atoms with Gasteiger partial charge in [0, 0.05) is 13.1 Å². The highest BCUT2D eigenvalue weighted by molar-refractivity contribution is 5.04. The van der Waals surface area contributed by atoms with Gasteiger partial charge in [-0.25, -0.2) is 0 Å². The van der Waals surface area contributed by atoms with Crippen LogP contribution in [-0.2, 0) is 0 Å². The lowest BCUT2D eigenvalue weighted by molar-refractivity contribution is -0.00000148. The number of nitrogens with zero attached hydrogens (tertiary/aromatic N) is 1. The Bertz CT molecular complexity index is 107. The summed E-state index contributed by atoms with van der Waals surface area (Å²) in [4.78, 5) is 2.00.